The van der Waals surface area contributed by atoms with E-state index in [4.69, 9.17) is 0 Å². The van der Waals surface area contributed by atoms with Crippen LogP contribution in [0, 0.1) is 0 Å². The third-order valence-corrected chi connectivity index (χ3v) is 5.81. The third kappa shape index (κ3) is 3.43. The maximum absolute atomic E-state index is 13.5. The van der Waals surface area contributed by atoms with Crippen molar-refractivity contribution in [1.29, 1.82) is 0 Å². The second-order valence-corrected chi connectivity index (χ2v) is 8.11. The molecule has 0 fully saturated rings. The van der Waals surface area contributed by atoms with Crippen LogP contribution in [0.15, 0.2) is 107 Å². The molecule has 0 aromatic heterocycles. The number of nitrogens with zero attached hydrogens (tertiary/aromatic N) is 1. The van der Waals surface area contributed by atoms with Crippen molar-refractivity contribution in [2.24, 2.45) is 0 Å². The van der Waals surface area contributed by atoms with Gasteiger partial charge in [0.1, 0.15) is 5.70 Å². The van der Waals surface area contributed by atoms with Crippen molar-refractivity contribution in [2.45, 2.75) is 0 Å². The predicted molar refractivity (Wildman–Crippen MR) is 128 cm³/mol. The van der Waals surface area contributed by atoms with Gasteiger partial charge in [0.2, 0.25) is 0 Å². The quantitative estimate of drug-likeness (QED) is 0.373. The number of hydrogen-bond donors (Lipinski definition) is 1. The number of imide groups is 1. The van der Waals surface area contributed by atoms with Crippen LogP contribution in [0.3, 0.4) is 0 Å². The molecule has 0 aliphatic carbocycles. The van der Waals surface area contributed by atoms with Crippen molar-refractivity contribution in [3.05, 3.63) is 113 Å². The minimum Gasteiger partial charge on any atom is -0.350 e. The number of fused-ring (bicyclic) bond motifs is 1. The Morgan fingerprint density at radius 2 is 1.35 bits per heavy atom. The number of carbonyl (C=O) groups excluding carboxylic acids is 2. The second-order valence-electron chi connectivity index (χ2n) is 7.19. The molecule has 5 rings (SSSR count). The van der Waals surface area contributed by atoms with E-state index in [-0.39, 0.29) is 17.5 Å². The van der Waals surface area contributed by atoms with Gasteiger partial charge in [0, 0.05) is 15.5 Å². The van der Waals surface area contributed by atoms with Crippen LogP contribution < -0.4 is 10.2 Å². The number of carbonyl (C=O) groups is 2. The fraction of sp³-hybridized carbons (Fsp3) is 0. The molecule has 0 radical (unpaired) electrons. The van der Waals surface area contributed by atoms with E-state index in [1.54, 1.807) is 12.1 Å². The smallest absolute Gasteiger partial charge is 0.282 e. The highest BCUT2D eigenvalue weighted by molar-refractivity contribution is 9.10. The highest BCUT2D eigenvalue weighted by atomic mass is 79.9. The molecular formula is C26H17BrN2O2. The number of halogens is 1. The summed E-state index contributed by atoms with van der Waals surface area (Å²) in [5.41, 5.74) is 2.64. The summed E-state index contributed by atoms with van der Waals surface area (Å²) in [6, 6.07) is 30.2. The van der Waals surface area contributed by atoms with Gasteiger partial charge >= 0.3 is 0 Å². The summed E-state index contributed by atoms with van der Waals surface area (Å²) < 4.78 is 0.876. The normalized spacial score (nSPS) is 13.9. The van der Waals surface area contributed by atoms with E-state index in [1.807, 2.05) is 84.9 Å². The topological polar surface area (TPSA) is 49.4 Å². The maximum Gasteiger partial charge on any atom is 0.282 e. The zero-order valence-corrected chi connectivity index (χ0v) is 18.0. The first kappa shape index (κ1) is 19.3. The molecule has 4 aromatic carbocycles. The monoisotopic (exact) mass is 468 g/mol. The summed E-state index contributed by atoms with van der Waals surface area (Å²) in [6.45, 7) is 0. The summed E-state index contributed by atoms with van der Waals surface area (Å²) in [6.07, 6.45) is 0. The molecule has 0 atom stereocenters. The second kappa shape index (κ2) is 7.85. The van der Waals surface area contributed by atoms with Gasteiger partial charge in [-0.05, 0) is 41.3 Å². The van der Waals surface area contributed by atoms with Crippen LogP contribution >= 0.6 is 15.9 Å². The Morgan fingerprint density at radius 1 is 0.677 bits per heavy atom. The molecule has 2 amide bonds. The summed E-state index contributed by atoms with van der Waals surface area (Å²) in [7, 11) is 0. The van der Waals surface area contributed by atoms with E-state index in [1.165, 1.54) is 4.90 Å². The molecule has 0 saturated carbocycles. The molecule has 150 valence electrons. The van der Waals surface area contributed by atoms with Crippen molar-refractivity contribution in [2.75, 3.05) is 10.2 Å². The SMILES string of the molecule is O=C1C(Nc2cccc3ccccc23)=C(c2ccccc2)C(=O)N1c1ccc(Br)cc1. The van der Waals surface area contributed by atoms with Gasteiger partial charge in [0.25, 0.3) is 11.8 Å². The Balaban J connectivity index is 1.65. The number of hydrogen-bond acceptors (Lipinski definition) is 3. The molecule has 31 heavy (non-hydrogen) atoms. The first-order valence-corrected chi connectivity index (χ1v) is 10.6. The molecule has 1 aliphatic heterocycles. The molecule has 1 N–H and O–H groups in total. The summed E-state index contributed by atoms with van der Waals surface area (Å²) in [5.74, 6) is -0.722. The molecular weight excluding hydrogens is 452 g/mol. The predicted octanol–water partition coefficient (Wildman–Crippen LogP) is 6.00. The van der Waals surface area contributed by atoms with E-state index in [2.05, 4.69) is 21.2 Å². The Morgan fingerprint density at radius 3 is 2.13 bits per heavy atom. The molecule has 0 saturated heterocycles. The Kier molecular flexibility index (Phi) is 4.88. The summed E-state index contributed by atoms with van der Waals surface area (Å²) in [4.78, 5) is 28.2. The number of benzene rings is 4. The zero-order chi connectivity index (χ0) is 21.4. The van der Waals surface area contributed by atoms with E-state index >= 15 is 0 Å². The molecule has 4 nitrogen and oxygen atoms in total. The number of rotatable bonds is 4. The number of nitrogens with one attached hydrogen (secondary N) is 1. The minimum absolute atomic E-state index is 0.274. The molecule has 1 heterocycles. The van der Waals surface area contributed by atoms with Gasteiger partial charge in [0.15, 0.2) is 0 Å². The molecule has 0 unspecified atom stereocenters. The van der Waals surface area contributed by atoms with Crippen LogP contribution in [0.25, 0.3) is 16.3 Å². The lowest BCUT2D eigenvalue weighted by Gasteiger charge is -2.16. The highest BCUT2D eigenvalue weighted by Crippen LogP contribution is 2.35. The lowest BCUT2D eigenvalue weighted by molar-refractivity contribution is -0.120. The van der Waals surface area contributed by atoms with Crippen LogP contribution in [0.2, 0.25) is 0 Å². The largest absolute Gasteiger partial charge is 0.350 e. The number of amides is 2. The molecule has 1 aliphatic rings. The van der Waals surface area contributed by atoms with Gasteiger partial charge in [-0.25, -0.2) is 4.90 Å². The Bertz CT molecular complexity index is 1340. The summed E-state index contributed by atoms with van der Waals surface area (Å²) >= 11 is 3.40. The van der Waals surface area contributed by atoms with E-state index in [0.717, 1.165) is 20.9 Å². The van der Waals surface area contributed by atoms with E-state index in [0.29, 0.717) is 16.8 Å². The maximum atomic E-state index is 13.5. The molecule has 0 spiro atoms. The molecule has 4 aromatic rings. The average Bonchev–Trinajstić information content (AvgIpc) is 3.04. The van der Waals surface area contributed by atoms with Crippen molar-refractivity contribution in [1.82, 2.24) is 0 Å². The van der Waals surface area contributed by atoms with Crippen LogP contribution in [-0.4, -0.2) is 11.8 Å². The lowest BCUT2D eigenvalue weighted by atomic mass is 10.0. The van der Waals surface area contributed by atoms with Crippen molar-refractivity contribution in [3.8, 4) is 0 Å². The molecule has 5 heteroatoms. The van der Waals surface area contributed by atoms with Gasteiger partial charge in [-0.15, -0.1) is 0 Å². The fourth-order valence-corrected chi connectivity index (χ4v) is 4.08. The first-order chi connectivity index (χ1) is 15.1. The van der Waals surface area contributed by atoms with Gasteiger partial charge in [0.05, 0.1) is 11.3 Å². The number of anilines is 2. The van der Waals surface area contributed by atoms with Crippen molar-refractivity contribution < 1.29 is 9.59 Å². The average molecular weight is 469 g/mol. The van der Waals surface area contributed by atoms with Gasteiger partial charge < -0.3 is 5.32 Å². The van der Waals surface area contributed by atoms with Crippen molar-refractivity contribution in [3.63, 3.8) is 0 Å². The highest BCUT2D eigenvalue weighted by Gasteiger charge is 2.40. The summed E-state index contributed by atoms with van der Waals surface area (Å²) in [5, 5.41) is 5.31. The van der Waals surface area contributed by atoms with Gasteiger partial charge in [-0.1, -0.05) is 82.7 Å². The minimum atomic E-state index is -0.376. The Hall–Kier alpha value is -3.70. The first-order valence-electron chi connectivity index (χ1n) is 9.82. The van der Waals surface area contributed by atoms with Gasteiger partial charge in [-0.3, -0.25) is 9.59 Å². The Labute approximate surface area is 187 Å². The van der Waals surface area contributed by atoms with Crippen LogP contribution in [0.1, 0.15) is 5.56 Å². The van der Waals surface area contributed by atoms with Crippen molar-refractivity contribution >= 4 is 55.5 Å². The fourth-order valence-electron chi connectivity index (χ4n) is 3.81. The van der Waals surface area contributed by atoms with Crippen LogP contribution in [-0.2, 0) is 9.59 Å². The van der Waals surface area contributed by atoms with Crippen LogP contribution in [0.5, 0.6) is 0 Å². The molecule has 0 bridgehead atoms. The van der Waals surface area contributed by atoms with Crippen LogP contribution in [0.4, 0.5) is 11.4 Å². The standard InChI is InChI=1S/C26H17BrN2O2/c27-19-13-15-20(16-14-19)29-25(30)23(18-8-2-1-3-9-18)24(26(29)31)28-22-12-6-10-17-7-4-5-11-21(17)22/h1-16,28H. The third-order valence-electron chi connectivity index (χ3n) is 5.28. The lowest BCUT2D eigenvalue weighted by Crippen LogP contribution is -2.32. The van der Waals surface area contributed by atoms with E-state index in [9.17, 15) is 9.59 Å². The zero-order valence-electron chi connectivity index (χ0n) is 16.4. The van der Waals surface area contributed by atoms with E-state index < -0.39 is 0 Å². The van der Waals surface area contributed by atoms with Gasteiger partial charge in [-0.2, -0.15) is 0 Å².